The lowest BCUT2D eigenvalue weighted by molar-refractivity contribution is 0.581. The number of rotatable bonds is 6. The number of hydrogen-bond donors (Lipinski definition) is 0. The summed E-state index contributed by atoms with van der Waals surface area (Å²) in [7, 11) is 0. The van der Waals surface area contributed by atoms with Crippen LogP contribution in [0, 0.1) is 5.92 Å². The zero-order valence-electron chi connectivity index (χ0n) is 9.22. The maximum Gasteiger partial charge on any atom is -0.0136 e. The molecule has 0 rings (SSSR count). The number of hydrogen-bond acceptors (Lipinski definition) is 0. The van der Waals surface area contributed by atoms with Crippen molar-refractivity contribution in [3.63, 3.8) is 0 Å². The third kappa shape index (κ3) is 7.58. The second-order valence-corrected chi connectivity index (χ2v) is 3.75. The lowest BCUT2D eigenvalue weighted by Crippen LogP contribution is -1.89. The van der Waals surface area contributed by atoms with Crippen LogP contribution in [0.2, 0.25) is 0 Å². The van der Waals surface area contributed by atoms with Crippen LogP contribution in [0.15, 0.2) is 36.5 Å². The standard InChI is InChI=1S/C13H22/c1-5-7-8-9-13(6-2)11-10-12(3)4/h5-8,12H,1,9-11H2,2-4H3. The minimum Gasteiger partial charge on any atom is -0.0991 e. The van der Waals surface area contributed by atoms with Gasteiger partial charge in [-0.05, 0) is 32.1 Å². The molecule has 0 N–H and O–H groups in total. The van der Waals surface area contributed by atoms with E-state index in [0.29, 0.717) is 0 Å². The molecule has 0 heterocycles. The molecule has 0 aliphatic carbocycles. The first kappa shape index (κ1) is 12.2. The third-order valence-corrected chi connectivity index (χ3v) is 2.10. The van der Waals surface area contributed by atoms with Crippen molar-refractivity contribution in [3.05, 3.63) is 36.5 Å². The van der Waals surface area contributed by atoms with Crippen LogP contribution in [0.4, 0.5) is 0 Å². The largest absolute Gasteiger partial charge is 0.0991 e. The average Bonchev–Trinajstić information content (AvgIpc) is 2.10. The zero-order chi connectivity index (χ0) is 10.1. The van der Waals surface area contributed by atoms with Gasteiger partial charge in [0.25, 0.3) is 0 Å². The monoisotopic (exact) mass is 178 g/mol. The molecular formula is C13H22. The molecule has 0 aromatic carbocycles. The Labute approximate surface area is 83.0 Å². The lowest BCUT2D eigenvalue weighted by atomic mass is 10.0. The van der Waals surface area contributed by atoms with Gasteiger partial charge in [-0.3, -0.25) is 0 Å². The Kier molecular flexibility index (Phi) is 7.38. The molecule has 0 atom stereocenters. The molecular weight excluding hydrogens is 156 g/mol. The van der Waals surface area contributed by atoms with Crippen molar-refractivity contribution in [1.29, 1.82) is 0 Å². The second kappa shape index (κ2) is 7.85. The van der Waals surface area contributed by atoms with Crippen LogP contribution in [0.3, 0.4) is 0 Å². The summed E-state index contributed by atoms with van der Waals surface area (Å²) in [5.41, 5.74) is 1.53. The first-order valence-corrected chi connectivity index (χ1v) is 5.12. The van der Waals surface area contributed by atoms with Gasteiger partial charge in [0, 0.05) is 0 Å². The van der Waals surface area contributed by atoms with Gasteiger partial charge in [-0.15, -0.1) is 0 Å². The fourth-order valence-corrected chi connectivity index (χ4v) is 1.15. The van der Waals surface area contributed by atoms with E-state index >= 15 is 0 Å². The van der Waals surface area contributed by atoms with E-state index in [1.807, 2.05) is 12.2 Å². The molecule has 0 saturated carbocycles. The Hall–Kier alpha value is -0.780. The van der Waals surface area contributed by atoms with Crippen molar-refractivity contribution in [3.8, 4) is 0 Å². The fraction of sp³-hybridized carbons (Fsp3) is 0.538. The van der Waals surface area contributed by atoms with Gasteiger partial charge in [0.15, 0.2) is 0 Å². The molecule has 0 fully saturated rings. The van der Waals surface area contributed by atoms with Crippen LogP contribution < -0.4 is 0 Å². The maximum atomic E-state index is 3.65. The van der Waals surface area contributed by atoms with Crippen LogP contribution in [-0.2, 0) is 0 Å². The molecule has 0 aromatic rings. The Morgan fingerprint density at radius 1 is 1.38 bits per heavy atom. The number of allylic oxidation sites excluding steroid dienone is 5. The van der Waals surface area contributed by atoms with Gasteiger partial charge in [0.2, 0.25) is 0 Å². The van der Waals surface area contributed by atoms with E-state index in [4.69, 9.17) is 0 Å². The summed E-state index contributed by atoms with van der Waals surface area (Å²) in [4.78, 5) is 0. The highest BCUT2D eigenvalue weighted by Crippen LogP contribution is 2.14. The van der Waals surface area contributed by atoms with Gasteiger partial charge in [-0.25, -0.2) is 0 Å². The van der Waals surface area contributed by atoms with Gasteiger partial charge in [-0.2, -0.15) is 0 Å². The Morgan fingerprint density at radius 2 is 2.08 bits per heavy atom. The van der Waals surface area contributed by atoms with Crippen molar-refractivity contribution >= 4 is 0 Å². The molecule has 0 bridgehead atoms. The van der Waals surface area contributed by atoms with Gasteiger partial charge in [0.1, 0.15) is 0 Å². The molecule has 13 heavy (non-hydrogen) atoms. The molecule has 0 aliphatic rings. The predicted molar refractivity (Wildman–Crippen MR) is 61.8 cm³/mol. The smallest absolute Gasteiger partial charge is 0.0136 e. The van der Waals surface area contributed by atoms with Crippen LogP contribution in [0.5, 0.6) is 0 Å². The van der Waals surface area contributed by atoms with Gasteiger partial charge in [-0.1, -0.05) is 50.3 Å². The molecule has 74 valence electrons. The summed E-state index contributed by atoms with van der Waals surface area (Å²) in [6.07, 6.45) is 11.8. The van der Waals surface area contributed by atoms with Gasteiger partial charge in [0.05, 0.1) is 0 Å². The normalized spacial score (nSPS) is 12.8. The minimum absolute atomic E-state index is 0.804. The van der Waals surface area contributed by atoms with Gasteiger partial charge < -0.3 is 0 Å². The Bertz CT molecular complexity index is 182. The highest BCUT2D eigenvalue weighted by molar-refractivity contribution is 5.09. The quantitative estimate of drug-likeness (QED) is 0.415. The average molecular weight is 178 g/mol. The predicted octanol–water partition coefficient (Wildman–Crippen LogP) is 4.50. The molecule has 0 unspecified atom stereocenters. The fourth-order valence-electron chi connectivity index (χ4n) is 1.15. The molecule has 0 amide bonds. The van der Waals surface area contributed by atoms with Crippen molar-refractivity contribution in [2.75, 3.05) is 0 Å². The molecule has 0 radical (unpaired) electrons. The Balaban J connectivity index is 3.77. The highest BCUT2D eigenvalue weighted by atomic mass is 14.0. The van der Waals surface area contributed by atoms with Crippen molar-refractivity contribution in [2.24, 2.45) is 5.92 Å². The van der Waals surface area contributed by atoms with Crippen molar-refractivity contribution < 1.29 is 0 Å². The van der Waals surface area contributed by atoms with Crippen molar-refractivity contribution in [1.82, 2.24) is 0 Å². The summed E-state index contributed by atoms with van der Waals surface area (Å²) in [6, 6.07) is 0. The SMILES string of the molecule is C=CC=CCC(=CC)CCC(C)C. The molecule has 0 nitrogen and oxygen atoms in total. The zero-order valence-corrected chi connectivity index (χ0v) is 9.22. The molecule has 0 heteroatoms. The summed E-state index contributed by atoms with van der Waals surface area (Å²) in [5, 5.41) is 0. The molecule has 0 saturated heterocycles. The van der Waals surface area contributed by atoms with Crippen LogP contribution in [0.1, 0.15) is 40.0 Å². The first-order valence-electron chi connectivity index (χ1n) is 5.12. The van der Waals surface area contributed by atoms with Crippen molar-refractivity contribution in [2.45, 2.75) is 40.0 Å². The van der Waals surface area contributed by atoms with Crippen LogP contribution >= 0.6 is 0 Å². The van der Waals surface area contributed by atoms with Crippen LogP contribution in [0.25, 0.3) is 0 Å². The van der Waals surface area contributed by atoms with E-state index < -0.39 is 0 Å². The lowest BCUT2D eigenvalue weighted by Gasteiger charge is -2.06. The van der Waals surface area contributed by atoms with E-state index in [1.54, 1.807) is 0 Å². The van der Waals surface area contributed by atoms with E-state index in [9.17, 15) is 0 Å². The summed E-state index contributed by atoms with van der Waals surface area (Å²) >= 11 is 0. The van der Waals surface area contributed by atoms with E-state index in [0.717, 1.165) is 12.3 Å². The van der Waals surface area contributed by atoms with Crippen LogP contribution in [-0.4, -0.2) is 0 Å². The minimum atomic E-state index is 0.804. The van der Waals surface area contributed by atoms with E-state index in [1.165, 1.54) is 18.4 Å². The summed E-state index contributed by atoms with van der Waals surface area (Å²) in [6.45, 7) is 10.3. The first-order chi connectivity index (χ1) is 6.20. The van der Waals surface area contributed by atoms with E-state index in [-0.39, 0.29) is 0 Å². The molecule has 0 aliphatic heterocycles. The summed E-state index contributed by atoms with van der Waals surface area (Å²) < 4.78 is 0. The Morgan fingerprint density at radius 3 is 2.54 bits per heavy atom. The third-order valence-electron chi connectivity index (χ3n) is 2.10. The molecule has 0 aromatic heterocycles. The second-order valence-electron chi connectivity index (χ2n) is 3.75. The van der Waals surface area contributed by atoms with Gasteiger partial charge >= 0.3 is 0 Å². The maximum absolute atomic E-state index is 3.65. The summed E-state index contributed by atoms with van der Waals surface area (Å²) in [5.74, 6) is 0.804. The topological polar surface area (TPSA) is 0 Å². The van der Waals surface area contributed by atoms with E-state index in [2.05, 4.69) is 39.5 Å². The molecule has 0 spiro atoms. The highest BCUT2D eigenvalue weighted by Gasteiger charge is 1.97.